The third kappa shape index (κ3) is 4.14. The van der Waals surface area contributed by atoms with E-state index in [-0.39, 0.29) is 11.8 Å². The number of hydrogen-bond acceptors (Lipinski definition) is 2. The summed E-state index contributed by atoms with van der Waals surface area (Å²) in [6.45, 7) is 1.44. The molecule has 0 unspecified atom stereocenters. The Balaban J connectivity index is 1.55. The van der Waals surface area contributed by atoms with Crippen LogP contribution in [-0.4, -0.2) is 34.4 Å². The van der Waals surface area contributed by atoms with Gasteiger partial charge in [0.05, 0.1) is 0 Å². The minimum absolute atomic E-state index is 0.128. The van der Waals surface area contributed by atoms with Gasteiger partial charge in [-0.05, 0) is 61.2 Å². The van der Waals surface area contributed by atoms with Crippen LogP contribution in [0.4, 0.5) is 0 Å². The fourth-order valence-electron chi connectivity index (χ4n) is 4.64. The zero-order chi connectivity index (χ0) is 22.8. The van der Waals surface area contributed by atoms with Crippen molar-refractivity contribution in [2.75, 3.05) is 13.1 Å². The van der Waals surface area contributed by atoms with Gasteiger partial charge >= 0.3 is 0 Å². The van der Waals surface area contributed by atoms with Crippen molar-refractivity contribution >= 4 is 39.7 Å². The number of aryl methyl sites for hydroxylation is 1. The smallest absolute Gasteiger partial charge is 0.270 e. The van der Waals surface area contributed by atoms with Crippen LogP contribution >= 0.6 is 0 Å². The lowest BCUT2D eigenvalue weighted by molar-refractivity contribution is -0.128. The van der Waals surface area contributed by atoms with Crippen molar-refractivity contribution in [1.82, 2.24) is 14.8 Å². The molecule has 5 heteroatoms. The maximum Gasteiger partial charge on any atom is 0.270 e. The monoisotopic (exact) mass is 437 g/mol. The number of aromatic nitrogens is 1. The second-order valence-electron chi connectivity index (χ2n) is 8.58. The molecular weight excluding hydrogens is 410 g/mol. The number of rotatable bonds is 4. The first-order valence-corrected chi connectivity index (χ1v) is 11.5. The lowest BCUT2D eigenvalue weighted by Crippen LogP contribution is -2.41. The molecule has 166 valence electrons. The maximum absolute atomic E-state index is 13.4. The van der Waals surface area contributed by atoms with E-state index >= 15 is 0 Å². The van der Waals surface area contributed by atoms with Crippen LogP contribution in [0.1, 0.15) is 35.2 Å². The molecule has 1 N–H and O–H groups in total. The molecule has 0 aliphatic carbocycles. The summed E-state index contributed by atoms with van der Waals surface area (Å²) in [7, 11) is 2.06. The van der Waals surface area contributed by atoms with Gasteiger partial charge in [0, 0.05) is 47.5 Å². The van der Waals surface area contributed by atoms with Crippen LogP contribution in [0.2, 0.25) is 0 Å². The van der Waals surface area contributed by atoms with Gasteiger partial charge in [0.25, 0.3) is 11.8 Å². The molecule has 5 nitrogen and oxygen atoms in total. The second kappa shape index (κ2) is 8.94. The van der Waals surface area contributed by atoms with Gasteiger partial charge < -0.3 is 14.8 Å². The highest BCUT2D eigenvalue weighted by Gasteiger charge is 2.22. The van der Waals surface area contributed by atoms with Crippen molar-refractivity contribution in [2.24, 2.45) is 7.05 Å². The number of amides is 2. The van der Waals surface area contributed by atoms with Crippen LogP contribution in [0.5, 0.6) is 0 Å². The van der Waals surface area contributed by atoms with Crippen LogP contribution < -0.4 is 5.32 Å². The number of piperidine rings is 1. The number of fused-ring (bicyclic) bond motifs is 3. The fraction of sp³-hybridized carbons (Fsp3) is 0.214. The first kappa shape index (κ1) is 21.0. The Kier molecular flexibility index (Phi) is 5.69. The number of nitrogens with one attached hydrogen (secondary N) is 1. The van der Waals surface area contributed by atoms with E-state index in [2.05, 4.69) is 41.2 Å². The summed E-state index contributed by atoms with van der Waals surface area (Å²) >= 11 is 0. The normalized spacial score (nSPS) is 14.6. The number of carbonyl (C=O) groups is 2. The fourth-order valence-corrected chi connectivity index (χ4v) is 4.64. The summed E-state index contributed by atoms with van der Waals surface area (Å²) < 4.78 is 2.18. The molecule has 2 heterocycles. The number of hydrogen-bond donors (Lipinski definition) is 1. The van der Waals surface area contributed by atoms with E-state index in [1.807, 2.05) is 41.3 Å². The number of carbonyl (C=O) groups excluding carboxylic acids is 2. The third-order valence-corrected chi connectivity index (χ3v) is 6.41. The van der Waals surface area contributed by atoms with Crippen LogP contribution in [-0.2, 0) is 11.8 Å². The molecule has 1 aromatic heterocycles. The van der Waals surface area contributed by atoms with Gasteiger partial charge in [-0.2, -0.15) is 0 Å². The van der Waals surface area contributed by atoms with Crippen molar-refractivity contribution in [2.45, 2.75) is 19.3 Å². The summed E-state index contributed by atoms with van der Waals surface area (Å²) in [4.78, 5) is 28.1. The van der Waals surface area contributed by atoms with Gasteiger partial charge in [0.1, 0.15) is 5.70 Å². The maximum atomic E-state index is 13.4. The molecule has 3 aromatic carbocycles. The second-order valence-corrected chi connectivity index (χ2v) is 8.58. The van der Waals surface area contributed by atoms with Crippen LogP contribution in [0, 0.1) is 0 Å². The summed E-state index contributed by atoms with van der Waals surface area (Å²) in [6.07, 6.45) is 4.93. The standard InChI is InChI=1S/C28H27N3O2/c1-30-25-13-7-6-12-22(25)23-18-20(14-15-26(23)30)19-24(28(33)31-16-8-3-9-17-31)29-27(32)21-10-4-2-5-11-21/h2,4-7,10-15,18-19H,3,8-9,16-17H2,1H3,(H,29,32). The van der Waals surface area contributed by atoms with E-state index in [4.69, 9.17) is 0 Å². The van der Waals surface area contributed by atoms with Gasteiger partial charge in [-0.3, -0.25) is 9.59 Å². The molecule has 5 rings (SSSR count). The molecule has 0 saturated carbocycles. The van der Waals surface area contributed by atoms with Gasteiger partial charge in [-0.1, -0.05) is 42.5 Å². The minimum Gasteiger partial charge on any atom is -0.344 e. The zero-order valence-corrected chi connectivity index (χ0v) is 18.8. The Labute approximate surface area is 193 Å². The molecular formula is C28H27N3O2. The van der Waals surface area contributed by atoms with Crippen molar-refractivity contribution in [3.8, 4) is 0 Å². The highest BCUT2D eigenvalue weighted by atomic mass is 16.2. The van der Waals surface area contributed by atoms with E-state index in [0.717, 1.165) is 54.3 Å². The Morgan fingerprint density at radius 1 is 0.818 bits per heavy atom. The Morgan fingerprint density at radius 2 is 1.52 bits per heavy atom. The largest absolute Gasteiger partial charge is 0.344 e. The first-order valence-electron chi connectivity index (χ1n) is 11.5. The van der Waals surface area contributed by atoms with Gasteiger partial charge in [-0.15, -0.1) is 0 Å². The molecule has 4 aromatic rings. The van der Waals surface area contributed by atoms with E-state index in [1.165, 1.54) is 5.39 Å². The minimum atomic E-state index is -0.279. The Hall–Kier alpha value is -3.86. The van der Waals surface area contributed by atoms with E-state index in [0.29, 0.717) is 11.3 Å². The molecule has 0 spiro atoms. The predicted molar refractivity (Wildman–Crippen MR) is 133 cm³/mol. The number of nitrogens with zero attached hydrogens (tertiary/aromatic N) is 2. The highest BCUT2D eigenvalue weighted by Crippen LogP contribution is 2.29. The summed E-state index contributed by atoms with van der Waals surface area (Å²) in [5.41, 5.74) is 4.01. The molecule has 33 heavy (non-hydrogen) atoms. The first-order chi connectivity index (χ1) is 16.1. The Morgan fingerprint density at radius 3 is 2.30 bits per heavy atom. The van der Waals surface area contributed by atoms with Crippen molar-refractivity contribution < 1.29 is 9.59 Å². The average molecular weight is 438 g/mol. The summed E-state index contributed by atoms with van der Waals surface area (Å²) in [6, 6.07) is 23.5. The average Bonchev–Trinajstić information content (AvgIpc) is 3.16. The molecule has 1 saturated heterocycles. The number of benzene rings is 3. The molecule has 0 atom stereocenters. The van der Waals surface area contributed by atoms with Crippen LogP contribution in [0.25, 0.3) is 27.9 Å². The molecule has 0 bridgehead atoms. The highest BCUT2D eigenvalue weighted by molar-refractivity contribution is 6.09. The third-order valence-electron chi connectivity index (χ3n) is 6.41. The number of likely N-dealkylation sites (tertiary alicyclic amines) is 1. The lowest BCUT2D eigenvalue weighted by Gasteiger charge is -2.27. The van der Waals surface area contributed by atoms with E-state index in [9.17, 15) is 9.59 Å². The summed E-state index contributed by atoms with van der Waals surface area (Å²) in [5, 5.41) is 5.19. The van der Waals surface area contributed by atoms with E-state index < -0.39 is 0 Å². The van der Waals surface area contributed by atoms with Crippen molar-refractivity contribution in [3.63, 3.8) is 0 Å². The summed E-state index contributed by atoms with van der Waals surface area (Å²) in [5.74, 6) is -0.407. The number of para-hydroxylation sites is 1. The molecule has 0 radical (unpaired) electrons. The van der Waals surface area contributed by atoms with Crippen LogP contribution in [0.3, 0.4) is 0 Å². The molecule has 1 aliphatic heterocycles. The topological polar surface area (TPSA) is 54.3 Å². The molecule has 1 aliphatic rings. The van der Waals surface area contributed by atoms with Crippen molar-refractivity contribution in [1.29, 1.82) is 0 Å². The van der Waals surface area contributed by atoms with E-state index in [1.54, 1.807) is 18.2 Å². The Bertz CT molecular complexity index is 1360. The van der Waals surface area contributed by atoms with Gasteiger partial charge in [0.15, 0.2) is 0 Å². The predicted octanol–water partition coefficient (Wildman–Crippen LogP) is 5.11. The SMILES string of the molecule is Cn1c2ccccc2c2cc(C=C(NC(=O)c3ccccc3)C(=O)N3CCCCC3)ccc21. The molecule has 1 fully saturated rings. The van der Waals surface area contributed by atoms with Gasteiger partial charge in [0.2, 0.25) is 0 Å². The lowest BCUT2D eigenvalue weighted by atomic mass is 10.1. The van der Waals surface area contributed by atoms with Crippen LogP contribution in [0.15, 0.2) is 78.5 Å². The molecule has 2 amide bonds. The van der Waals surface area contributed by atoms with Crippen molar-refractivity contribution in [3.05, 3.63) is 89.6 Å². The zero-order valence-electron chi connectivity index (χ0n) is 18.8. The quantitative estimate of drug-likeness (QED) is 0.451. The van der Waals surface area contributed by atoms with Gasteiger partial charge in [-0.25, -0.2) is 0 Å².